The SMILES string of the molecule is COCCCNCCOCCOc1cc(C)ccc1Cl. The summed E-state index contributed by atoms with van der Waals surface area (Å²) in [5, 5.41) is 3.91. The summed E-state index contributed by atoms with van der Waals surface area (Å²) in [7, 11) is 1.71. The van der Waals surface area contributed by atoms with Crippen molar-refractivity contribution in [2.24, 2.45) is 0 Å². The van der Waals surface area contributed by atoms with E-state index in [0.29, 0.717) is 30.6 Å². The molecule has 114 valence electrons. The van der Waals surface area contributed by atoms with Crippen LogP contribution in [-0.4, -0.2) is 46.6 Å². The van der Waals surface area contributed by atoms with Crippen molar-refractivity contribution in [1.29, 1.82) is 0 Å². The Morgan fingerprint density at radius 2 is 1.95 bits per heavy atom. The number of ether oxygens (including phenoxy) is 3. The van der Waals surface area contributed by atoms with E-state index in [0.717, 1.165) is 31.7 Å². The average Bonchev–Trinajstić information content (AvgIpc) is 2.44. The Morgan fingerprint density at radius 3 is 2.75 bits per heavy atom. The molecule has 1 aromatic carbocycles. The van der Waals surface area contributed by atoms with Gasteiger partial charge in [-0.05, 0) is 37.6 Å². The normalized spacial score (nSPS) is 10.8. The second kappa shape index (κ2) is 10.9. The summed E-state index contributed by atoms with van der Waals surface area (Å²) in [4.78, 5) is 0. The Labute approximate surface area is 126 Å². The number of methoxy groups -OCH3 is 1. The van der Waals surface area contributed by atoms with Crippen molar-refractivity contribution < 1.29 is 14.2 Å². The molecule has 0 aromatic heterocycles. The van der Waals surface area contributed by atoms with E-state index in [1.165, 1.54) is 0 Å². The Bertz CT molecular complexity index is 374. The average molecular weight is 302 g/mol. The van der Waals surface area contributed by atoms with Crippen LogP contribution < -0.4 is 10.1 Å². The molecule has 0 aliphatic carbocycles. The first-order chi connectivity index (χ1) is 9.74. The van der Waals surface area contributed by atoms with Crippen molar-refractivity contribution >= 4 is 11.6 Å². The van der Waals surface area contributed by atoms with Crippen molar-refractivity contribution in [2.45, 2.75) is 13.3 Å². The molecular weight excluding hydrogens is 278 g/mol. The van der Waals surface area contributed by atoms with E-state index in [1.807, 2.05) is 25.1 Å². The summed E-state index contributed by atoms with van der Waals surface area (Å²) in [5.41, 5.74) is 1.13. The highest BCUT2D eigenvalue weighted by atomic mass is 35.5. The van der Waals surface area contributed by atoms with E-state index < -0.39 is 0 Å². The zero-order valence-corrected chi connectivity index (χ0v) is 13.0. The quantitative estimate of drug-likeness (QED) is 0.638. The monoisotopic (exact) mass is 301 g/mol. The van der Waals surface area contributed by atoms with E-state index in [9.17, 15) is 0 Å². The predicted octanol–water partition coefficient (Wildman–Crippen LogP) is 2.67. The Kier molecular flexibility index (Phi) is 9.41. The van der Waals surface area contributed by atoms with Crippen molar-refractivity contribution in [3.8, 4) is 5.75 Å². The lowest BCUT2D eigenvalue weighted by molar-refractivity contribution is 0.101. The highest BCUT2D eigenvalue weighted by Crippen LogP contribution is 2.24. The van der Waals surface area contributed by atoms with Gasteiger partial charge in [0, 0.05) is 20.3 Å². The van der Waals surface area contributed by atoms with Crippen LogP contribution in [0.1, 0.15) is 12.0 Å². The van der Waals surface area contributed by atoms with Gasteiger partial charge in [0.05, 0.1) is 18.2 Å². The molecular formula is C15H24ClNO3. The second-order valence-corrected chi connectivity index (χ2v) is 4.90. The minimum Gasteiger partial charge on any atom is -0.490 e. The number of halogens is 1. The number of nitrogens with one attached hydrogen (secondary N) is 1. The predicted molar refractivity (Wildman–Crippen MR) is 81.9 cm³/mol. The van der Waals surface area contributed by atoms with Crippen LogP contribution in [0.2, 0.25) is 5.02 Å². The third kappa shape index (κ3) is 7.70. The molecule has 0 amide bonds. The summed E-state index contributed by atoms with van der Waals surface area (Å²) < 4.78 is 16.0. The zero-order chi connectivity index (χ0) is 14.6. The second-order valence-electron chi connectivity index (χ2n) is 4.49. The summed E-state index contributed by atoms with van der Waals surface area (Å²) in [6, 6.07) is 5.73. The summed E-state index contributed by atoms with van der Waals surface area (Å²) >= 11 is 6.03. The lowest BCUT2D eigenvalue weighted by Crippen LogP contribution is -2.22. The number of rotatable bonds is 11. The van der Waals surface area contributed by atoms with E-state index in [4.69, 9.17) is 25.8 Å². The summed E-state index contributed by atoms with van der Waals surface area (Å²) in [6.07, 6.45) is 1.02. The van der Waals surface area contributed by atoms with Gasteiger partial charge in [0.1, 0.15) is 12.4 Å². The maximum Gasteiger partial charge on any atom is 0.138 e. The molecule has 4 nitrogen and oxygen atoms in total. The highest BCUT2D eigenvalue weighted by Gasteiger charge is 2.01. The Hall–Kier alpha value is -0.810. The first-order valence-corrected chi connectivity index (χ1v) is 7.28. The molecule has 0 unspecified atom stereocenters. The molecule has 1 rings (SSSR count). The molecule has 1 N–H and O–H groups in total. The number of hydrogen-bond donors (Lipinski definition) is 1. The van der Waals surface area contributed by atoms with E-state index in [-0.39, 0.29) is 0 Å². The molecule has 0 spiro atoms. The molecule has 0 heterocycles. The zero-order valence-electron chi connectivity index (χ0n) is 12.3. The molecule has 0 aliphatic heterocycles. The molecule has 0 saturated heterocycles. The van der Waals surface area contributed by atoms with E-state index in [1.54, 1.807) is 7.11 Å². The van der Waals surface area contributed by atoms with Gasteiger partial charge in [0.15, 0.2) is 0 Å². The molecule has 0 saturated carbocycles. The third-order valence-corrected chi connectivity index (χ3v) is 3.01. The molecule has 0 atom stereocenters. The third-order valence-electron chi connectivity index (χ3n) is 2.70. The fourth-order valence-corrected chi connectivity index (χ4v) is 1.82. The Balaban J connectivity index is 1.98. The molecule has 0 aliphatic rings. The molecule has 0 fully saturated rings. The van der Waals surface area contributed by atoms with Gasteiger partial charge in [0.25, 0.3) is 0 Å². The first kappa shape index (κ1) is 17.2. The van der Waals surface area contributed by atoms with Gasteiger partial charge >= 0.3 is 0 Å². The number of aryl methyl sites for hydroxylation is 1. The van der Waals surface area contributed by atoms with E-state index >= 15 is 0 Å². The highest BCUT2D eigenvalue weighted by molar-refractivity contribution is 6.32. The molecule has 5 heteroatoms. The Morgan fingerprint density at radius 1 is 1.10 bits per heavy atom. The van der Waals surface area contributed by atoms with Crippen LogP contribution in [0.15, 0.2) is 18.2 Å². The number of hydrogen-bond acceptors (Lipinski definition) is 4. The fraction of sp³-hybridized carbons (Fsp3) is 0.600. The van der Waals surface area contributed by atoms with Crippen molar-refractivity contribution in [3.63, 3.8) is 0 Å². The van der Waals surface area contributed by atoms with Crippen molar-refractivity contribution in [1.82, 2.24) is 5.32 Å². The lowest BCUT2D eigenvalue weighted by Gasteiger charge is -2.09. The fourth-order valence-electron chi connectivity index (χ4n) is 1.64. The maximum absolute atomic E-state index is 6.03. The van der Waals surface area contributed by atoms with E-state index in [2.05, 4.69) is 5.32 Å². The minimum absolute atomic E-state index is 0.507. The van der Waals surface area contributed by atoms with Crippen LogP contribution in [0.4, 0.5) is 0 Å². The van der Waals surface area contributed by atoms with Crippen LogP contribution in [-0.2, 0) is 9.47 Å². The maximum atomic E-state index is 6.03. The van der Waals surface area contributed by atoms with Crippen LogP contribution in [0.5, 0.6) is 5.75 Å². The summed E-state index contributed by atoms with van der Waals surface area (Å²) in [6.45, 7) is 6.34. The van der Waals surface area contributed by atoms with Crippen molar-refractivity contribution in [2.75, 3.05) is 46.6 Å². The molecule has 0 radical (unpaired) electrons. The smallest absolute Gasteiger partial charge is 0.138 e. The van der Waals surface area contributed by atoms with Gasteiger partial charge in [-0.2, -0.15) is 0 Å². The van der Waals surface area contributed by atoms with Crippen LogP contribution in [0.3, 0.4) is 0 Å². The van der Waals surface area contributed by atoms with Gasteiger partial charge in [-0.1, -0.05) is 17.7 Å². The molecule has 1 aromatic rings. The standard InChI is InChI=1S/C15H24ClNO3/c1-13-4-5-14(16)15(12-13)20-11-10-19-9-7-17-6-3-8-18-2/h4-5,12,17H,3,6-11H2,1-2H3. The summed E-state index contributed by atoms with van der Waals surface area (Å²) in [5.74, 6) is 0.716. The van der Waals surface area contributed by atoms with Gasteiger partial charge in [-0.25, -0.2) is 0 Å². The van der Waals surface area contributed by atoms with Crippen LogP contribution >= 0.6 is 11.6 Å². The van der Waals surface area contributed by atoms with Gasteiger partial charge in [-0.3, -0.25) is 0 Å². The van der Waals surface area contributed by atoms with Gasteiger partial charge in [-0.15, -0.1) is 0 Å². The molecule has 0 bridgehead atoms. The van der Waals surface area contributed by atoms with Crippen LogP contribution in [0, 0.1) is 6.92 Å². The lowest BCUT2D eigenvalue weighted by atomic mass is 10.2. The van der Waals surface area contributed by atoms with Gasteiger partial charge < -0.3 is 19.5 Å². The van der Waals surface area contributed by atoms with Gasteiger partial charge in [0.2, 0.25) is 0 Å². The minimum atomic E-state index is 0.507. The first-order valence-electron chi connectivity index (χ1n) is 6.90. The number of benzene rings is 1. The largest absolute Gasteiger partial charge is 0.490 e. The van der Waals surface area contributed by atoms with Crippen LogP contribution in [0.25, 0.3) is 0 Å². The molecule has 20 heavy (non-hydrogen) atoms. The van der Waals surface area contributed by atoms with Crippen molar-refractivity contribution in [3.05, 3.63) is 28.8 Å². The topological polar surface area (TPSA) is 39.7 Å².